The molecular formula is C7H12BFO2. The fraction of sp³-hybridized carbons (Fsp3) is 0.714. The van der Waals surface area contributed by atoms with Crippen molar-refractivity contribution in [3.63, 3.8) is 0 Å². The Bertz CT molecular complexity index is 174. The lowest BCUT2D eigenvalue weighted by Gasteiger charge is -2.11. The molecule has 2 nitrogen and oxygen atoms in total. The van der Waals surface area contributed by atoms with E-state index in [9.17, 15) is 9.50 Å². The highest BCUT2D eigenvalue weighted by molar-refractivity contribution is 6.14. The molecule has 0 aliphatic heterocycles. The van der Waals surface area contributed by atoms with Gasteiger partial charge in [-0.1, -0.05) is 12.2 Å². The van der Waals surface area contributed by atoms with Gasteiger partial charge in [0.2, 0.25) is 0 Å². The maximum atomic E-state index is 13.0. The van der Waals surface area contributed by atoms with E-state index in [-0.39, 0.29) is 12.4 Å². The number of hydrogen-bond acceptors (Lipinski definition) is 2. The average Bonchev–Trinajstić information content (AvgIpc) is 2.17. The minimum atomic E-state index is -1.26. The van der Waals surface area contributed by atoms with E-state index < -0.39 is 18.2 Å². The second-order valence-electron chi connectivity index (χ2n) is 3.09. The fourth-order valence-corrected chi connectivity index (χ4v) is 1.50. The molecule has 1 aliphatic rings. The van der Waals surface area contributed by atoms with Gasteiger partial charge in [-0.15, -0.1) is 0 Å². The van der Waals surface area contributed by atoms with Crippen LogP contribution in [0.25, 0.3) is 0 Å². The molecule has 2 unspecified atom stereocenters. The molecule has 1 fully saturated rings. The topological polar surface area (TPSA) is 40.5 Å². The van der Waals surface area contributed by atoms with Gasteiger partial charge in [0.25, 0.3) is 0 Å². The van der Waals surface area contributed by atoms with Crippen LogP contribution in [0.3, 0.4) is 0 Å². The van der Waals surface area contributed by atoms with Gasteiger partial charge in [-0.3, -0.25) is 0 Å². The SMILES string of the molecule is B[C@@H]1C(=C)[C@H](CO)C(O)C1F. The van der Waals surface area contributed by atoms with Crippen molar-refractivity contribution in [2.45, 2.75) is 18.1 Å². The normalized spacial score (nSPS) is 44.8. The highest BCUT2D eigenvalue weighted by Crippen LogP contribution is 2.39. The first-order chi connectivity index (χ1) is 5.09. The number of halogens is 1. The number of alkyl halides is 1. The summed E-state index contributed by atoms with van der Waals surface area (Å²) in [6, 6.07) is 0. The molecule has 1 aliphatic carbocycles. The highest BCUT2D eigenvalue weighted by Gasteiger charge is 2.42. The Morgan fingerprint density at radius 2 is 2.18 bits per heavy atom. The second-order valence-corrected chi connectivity index (χ2v) is 3.09. The Hall–Kier alpha value is -0.345. The van der Waals surface area contributed by atoms with Crippen molar-refractivity contribution in [2.24, 2.45) is 5.92 Å². The molecule has 0 aromatic heterocycles. The van der Waals surface area contributed by atoms with Gasteiger partial charge in [0, 0.05) is 5.92 Å². The minimum absolute atomic E-state index is 0.217. The quantitative estimate of drug-likeness (QED) is 0.390. The Labute approximate surface area is 66.1 Å². The maximum Gasteiger partial charge on any atom is 0.126 e. The maximum absolute atomic E-state index is 13.0. The molecular weight excluding hydrogens is 146 g/mol. The standard InChI is InChI=1S/C7H12BFO2/c1-3-4(2-10)7(11)6(9)5(3)8/h4-7,10-11H,1-2,8H2/t4-,5+,6?,7?/m0/s1. The van der Waals surface area contributed by atoms with Gasteiger partial charge in [0.15, 0.2) is 0 Å². The lowest BCUT2D eigenvalue weighted by Crippen LogP contribution is -2.25. The average molecular weight is 158 g/mol. The van der Waals surface area contributed by atoms with Crippen molar-refractivity contribution in [1.29, 1.82) is 0 Å². The molecule has 0 bridgehead atoms. The molecule has 0 amide bonds. The van der Waals surface area contributed by atoms with Crippen LogP contribution in [0.1, 0.15) is 0 Å². The third kappa shape index (κ3) is 1.21. The molecule has 0 saturated heterocycles. The zero-order valence-electron chi connectivity index (χ0n) is 6.50. The first-order valence-electron chi connectivity index (χ1n) is 3.71. The van der Waals surface area contributed by atoms with Crippen molar-refractivity contribution in [2.75, 3.05) is 6.61 Å². The van der Waals surface area contributed by atoms with E-state index in [0.717, 1.165) is 0 Å². The van der Waals surface area contributed by atoms with Crippen molar-refractivity contribution >= 4 is 7.85 Å². The van der Waals surface area contributed by atoms with E-state index in [2.05, 4.69) is 6.58 Å². The largest absolute Gasteiger partial charge is 0.396 e. The predicted octanol–water partition coefficient (Wildman–Crippen LogP) is -0.715. The molecule has 11 heavy (non-hydrogen) atoms. The third-order valence-electron chi connectivity index (χ3n) is 2.47. The van der Waals surface area contributed by atoms with Crippen LogP contribution in [0.15, 0.2) is 12.2 Å². The first kappa shape index (κ1) is 8.75. The summed E-state index contributed by atoms with van der Waals surface area (Å²) in [4.78, 5) is 0. The fourth-order valence-electron chi connectivity index (χ4n) is 1.50. The van der Waals surface area contributed by atoms with Gasteiger partial charge in [-0.2, -0.15) is 0 Å². The van der Waals surface area contributed by atoms with Crippen LogP contribution in [0.2, 0.25) is 5.82 Å². The molecule has 0 aromatic carbocycles. The van der Waals surface area contributed by atoms with E-state index in [0.29, 0.717) is 5.57 Å². The van der Waals surface area contributed by atoms with E-state index in [1.54, 1.807) is 7.85 Å². The Balaban J connectivity index is 2.77. The van der Waals surface area contributed by atoms with E-state index in [1.165, 1.54) is 0 Å². The van der Waals surface area contributed by atoms with Gasteiger partial charge in [0.1, 0.15) is 14.0 Å². The van der Waals surface area contributed by atoms with Crippen LogP contribution < -0.4 is 0 Å². The van der Waals surface area contributed by atoms with Crippen LogP contribution in [-0.4, -0.2) is 36.9 Å². The Kier molecular flexibility index (Phi) is 2.35. The molecule has 62 valence electrons. The molecule has 0 heterocycles. The number of rotatable bonds is 1. The Morgan fingerprint density at radius 1 is 1.64 bits per heavy atom. The zero-order chi connectivity index (χ0) is 8.59. The van der Waals surface area contributed by atoms with Crippen LogP contribution in [-0.2, 0) is 0 Å². The smallest absolute Gasteiger partial charge is 0.126 e. The van der Waals surface area contributed by atoms with Gasteiger partial charge in [0.05, 0.1) is 12.7 Å². The van der Waals surface area contributed by atoms with E-state index >= 15 is 0 Å². The third-order valence-corrected chi connectivity index (χ3v) is 2.47. The van der Waals surface area contributed by atoms with Crippen LogP contribution in [0, 0.1) is 5.92 Å². The molecule has 4 atom stereocenters. The van der Waals surface area contributed by atoms with Gasteiger partial charge in [-0.05, 0) is 5.82 Å². The summed E-state index contributed by atoms with van der Waals surface area (Å²) >= 11 is 0. The van der Waals surface area contributed by atoms with Crippen molar-refractivity contribution in [3.05, 3.63) is 12.2 Å². The van der Waals surface area contributed by atoms with E-state index in [1.807, 2.05) is 0 Å². The summed E-state index contributed by atoms with van der Waals surface area (Å²) in [5.41, 5.74) is 0.618. The minimum Gasteiger partial charge on any atom is -0.396 e. The molecule has 1 rings (SSSR count). The lowest BCUT2D eigenvalue weighted by molar-refractivity contribution is 0.0510. The van der Waals surface area contributed by atoms with Crippen molar-refractivity contribution in [3.8, 4) is 0 Å². The zero-order valence-corrected chi connectivity index (χ0v) is 6.50. The van der Waals surface area contributed by atoms with Crippen LogP contribution in [0.5, 0.6) is 0 Å². The summed E-state index contributed by atoms with van der Waals surface area (Å²) in [7, 11) is 1.67. The lowest BCUT2D eigenvalue weighted by atomic mass is 9.81. The molecule has 1 saturated carbocycles. The summed E-state index contributed by atoms with van der Waals surface area (Å²) in [5, 5.41) is 18.0. The molecule has 4 heteroatoms. The van der Waals surface area contributed by atoms with Crippen LogP contribution >= 0.6 is 0 Å². The molecule has 2 N–H and O–H groups in total. The highest BCUT2D eigenvalue weighted by atomic mass is 19.1. The summed E-state index contributed by atoms with van der Waals surface area (Å²) in [6.45, 7) is 3.41. The first-order valence-corrected chi connectivity index (χ1v) is 3.71. The Morgan fingerprint density at radius 3 is 2.36 bits per heavy atom. The number of aliphatic hydroxyl groups excluding tert-OH is 2. The summed E-state index contributed by atoms with van der Waals surface area (Å²) in [5.74, 6) is -0.804. The molecule has 0 radical (unpaired) electrons. The predicted molar refractivity (Wildman–Crippen MR) is 42.9 cm³/mol. The van der Waals surface area contributed by atoms with Gasteiger partial charge < -0.3 is 10.2 Å². The number of aliphatic hydroxyl groups is 2. The van der Waals surface area contributed by atoms with E-state index in [4.69, 9.17) is 5.11 Å². The summed E-state index contributed by atoms with van der Waals surface area (Å²) in [6.07, 6.45) is -2.33. The number of hydrogen-bond donors (Lipinski definition) is 2. The molecule has 0 aromatic rings. The monoisotopic (exact) mass is 158 g/mol. The van der Waals surface area contributed by atoms with Gasteiger partial charge >= 0.3 is 0 Å². The second kappa shape index (κ2) is 2.95. The van der Waals surface area contributed by atoms with Crippen molar-refractivity contribution < 1.29 is 14.6 Å². The van der Waals surface area contributed by atoms with Gasteiger partial charge in [-0.25, -0.2) is 4.39 Å². The van der Waals surface area contributed by atoms with Crippen LogP contribution in [0.4, 0.5) is 4.39 Å². The molecule has 0 spiro atoms. The summed E-state index contributed by atoms with van der Waals surface area (Å²) < 4.78 is 13.0. The van der Waals surface area contributed by atoms with Crippen molar-refractivity contribution in [1.82, 2.24) is 0 Å².